The van der Waals surface area contributed by atoms with Crippen LogP contribution >= 0.6 is 0 Å². The zero-order valence-corrected chi connectivity index (χ0v) is 10.5. The molecule has 0 aliphatic rings. The standard InChI is InChI=1S/C14H18N2O2/c1-17-13-5-2-4-12(10-13)16(8-7-15)11-14-6-3-9-18-14/h2-6,9-10H,7-8,11,15H2,1H3. The summed E-state index contributed by atoms with van der Waals surface area (Å²) in [6.07, 6.45) is 1.68. The van der Waals surface area contributed by atoms with Gasteiger partial charge in [-0.05, 0) is 24.3 Å². The molecule has 96 valence electrons. The molecule has 4 nitrogen and oxygen atoms in total. The van der Waals surface area contributed by atoms with Gasteiger partial charge in [0, 0.05) is 24.8 Å². The summed E-state index contributed by atoms with van der Waals surface area (Å²) in [6.45, 7) is 2.07. The summed E-state index contributed by atoms with van der Waals surface area (Å²) in [5.41, 5.74) is 6.74. The first-order chi connectivity index (χ1) is 8.83. The molecule has 1 aromatic carbocycles. The Morgan fingerprint density at radius 2 is 2.17 bits per heavy atom. The summed E-state index contributed by atoms with van der Waals surface area (Å²) in [4.78, 5) is 2.17. The number of nitrogens with zero attached hydrogens (tertiary/aromatic N) is 1. The van der Waals surface area contributed by atoms with Crippen LogP contribution in [-0.4, -0.2) is 20.2 Å². The molecule has 18 heavy (non-hydrogen) atoms. The van der Waals surface area contributed by atoms with E-state index in [0.29, 0.717) is 13.1 Å². The molecule has 1 aromatic heterocycles. The molecule has 0 spiro atoms. The summed E-state index contributed by atoms with van der Waals surface area (Å²) < 4.78 is 10.6. The maximum absolute atomic E-state index is 5.66. The lowest BCUT2D eigenvalue weighted by Gasteiger charge is -2.23. The Labute approximate surface area is 107 Å². The van der Waals surface area contributed by atoms with Gasteiger partial charge in [0.2, 0.25) is 0 Å². The lowest BCUT2D eigenvalue weighted by Crippen LogP contribution is -2.28. The van der Waals surface area contributed by atoms with Crippen LogP contribution in [0.3, 0.4) is 0 Å². The van der Waals surface area contributed by atoms with Crippen molar-refractivity contribution in [2.75, 3.05) is 25.1 Å². The second-order valence-corrected chi connectivity index (χ2v) is 3.99. The van der Waals surface area contributed by atoms with E-state index < -0.39 is 0 Å². The van der Waals surface area contributed by atoms with Crippen LogP contribution in [0.5, 0.6) is 5.75 Å². The van der Waals surface area contributed by atoms with Crippen LogP contribution in [0.1, 0.15) is 5.76 Å². The van der Waals surface area contributed by atoms with Crippen molar-refractivity contribution < 1.29 is 9.15 Å². The van der Waals surface area contributed by atoms with Gasteiger partial charge >= 0.3 is 0 Å². The van der Waals surface area contributed by atoms with E-state index in [1.54, 1.807) is 13.4 Å². The summed E-state index contributed by atoms with van der Waals surface area (Å²) in [5, 5.41) is 0. The number of nitrogens with two attached hydrogens (primary N) is 1. The van der Waals surface area contributed by atoms with Crippen molar-refractivity contribution in [1.29, 1.82) is 0 Å². The Hall–Kier alpha value is -1.94. The van der Waals surface area contributed by atoms with Gasteiger partial charge in [-0.3, -0.25) is 0 Å². The first kappa shape index (κ1) is 12.5. The highest BCUT2D eigenvalue weighted by molar-refractivity contribution is 5.50. The number of hydrogen-bond donors (Lipinski definition) is 1. The van der Waals surface area contributed by atoms with Gasteiger partial charge in [-0.2, -0.15) is 0 Å². The van der Waals surface area contributed by atoms with Crippen LogP contribution in [-0.2, 0) is 6.54 Å². The molecule has 0 atom stereocenters. The van der Waals surface area contributed by atoms with Crippen molar-refractivity contribution in [2.45, 2.75) is 6.54 Å². The molecule has 0 bridgehead atoms. The van der Waals surface area contributed by atoms with Crippen LogP contribution < -0.4 is 15.4 Å². The minimum Gasteiger partial charge on any atom is -0.497 e. The lowest BCUT2D eigenvalue weighted by molar-refractivity contribution is 0.414. The van der Waals surface area contributed by atoms with Crippen LogP contribution in [0.15, 0.2) is 47.1 Å². The van der Waals surface area contributed by atoms with E-state index in [1.165, 1.54) is 0 Å². The van der Waals surface area contributed by atoms with Gasteiger partial charge in [0.05, 0.1) is 19.9 Å². The van der Waals surface area contributed by atoms with E-state index in [0.717, 1.165) is 23.7 Å². The SMILES string of the molecule is COc1cccc(N(CCN)Cc2ccco2)c1. The molecular weight excluding hydrogens is 228 g/mol. The molecule has 4 heteroatoms. The second kappa shape index (κ2) is 6.12. The van der Waals surface area contributed by atoms with E-state index in [2.05, 4.69) is 4.90 Å². The summed E-state index contributed by atoms with van der Waals surface area (Å²) in [5.74, 6) is 1.76. The van der Waals surface area contributed by atoms with Crippen molar-refractivity contribution in [1.82, 2.24) is 0 Å². The minimum atomic E-state index is 0.595. The van der Waals surface area contributed by atoms with E-state index in [4.69, 9.17) is 14.9 Å². The maximum atomic E-state index is 5.66. The predicted molar refractivity (Wildman–Crippen MR) is 71.8 cm³/mol. The number of hydrogen-bond acceptors (Lipinski definition) is 4. The molecule has 0 unspecified atom stereocenters. The summed E-state index contributed by atoms with van der Waals surface area (Å²) in [6, 6.07) is 11.8. The van der Waals surface area contributed by atoms with Crippen LogP contribution in [0, 0.1) is 0 Å². The van der Waals surface area contributed by atoms with Gasteiger partial charge < -0.3 is 19.8 Å². The fraction of sp³-hybridized carbons (Fsp3) is 0.286. The Kier molecular flexibility index (Phi) is 4.25. The molecule has 0 aliphatic heterocycles. The lowest BCUT2D eigenvalue weighted by atomic mass is 10.2. The highest BCUT2D eigenvalue weighted by atomic mass is 16.5. The smallest absolute Gasteiger partial charge is 0.123 e. The number of ether oxygens (including phenoxy) is 1. The monoisotopic (exact) mass is 246 g/mol. The zero-order valence-electron chi connectivity index (χ0n) is 10.5. The predicted octanol–water partition coefficient (Wildman–Crippen LogP) is 2.25. The molecular formula is C14H18N2O2. The summed E-state index contributed by atoms with van der Waals surface area (Å²) in [7, 11) is 1.67. The minimum absolute atomic E-state index is 0.595. The third-order valence-corrected chi connectivity index (χ3v) is 2.74. The number of rotatable bonds is 6. The van der Waals surface area contributed by atoms with E-state index in [-0.39, 0.29) is 0 Å². The van der Waals surface area contributed by atoms with Gasteiger partial charge in [-0.1, -0.05) is 6.07 Å². The fourth-order valence-corrected chi connectivity index (χ4v) is 1.85. The quantitative estimate of drug-likeness (QED) is 0.849. The fourth-order valence-electron chi connectivity index (χ4n) is 1.85. The molecule has 2 N–H and O–H groups in total. The van der Waals surface area contributed by atoms with Crippen molar-refractivity contribution in [3.63, 3.8) is 0 Å². The topological polar surface area (TPSA) is 51.6 Å². The number of methoxy groups -OCH3 is 1. The molecule has 0 fully saturated rings. The molecule has 0 radical (unpaired) electrons. The molecule has 0 saturated heterocycles. The van der Waals surface area contributed by atoms with Crippen molar-refractivity contribution >= 4 is 5.69 Å². The third-order valence-electron chi connectivity index (χ3n) is 2.74. The molecule has 0 aliphatic carbocycles. The van der Waals surface area contributed by atoms with Gasteiger partial charge in [0.1, 0.15) is 11.5 Å². The molecule has 0 saturated carbocycles. The first-order valence-corrected chi connectivity index (χ1v) is 5.95. The Bertz CT molecular complexity index is 468. The van der Waals surface area contributed by atoms with Crippen molar-refractivity contribution in [3.05, 3.63) is 48.4 Å². The normalized spacial score (nSPS) is 10.3. The van der Waals surface area contributed by atoms with Gasteiger partial charge in [0.15, 0.2) is 0 Å². The largest absolute Gasteiger partial charge is 0.497 e. The van der Waals surface area contributed by atoms with E-state index >= 15 is 0 Å². The third kappa shape index (κ3) is 3.05. The van der Waals surface area contributed by atoms with E-state index in [1.807, 2.05) is 36.4 Å². The van der Waals surface area contributed by atoms with Gasteiger partial charge in [-0.15, -0.1) is 0 Å². The highest BCUT2D eigenvalue weighted by Gasteiger charge is 2.09. The number of benzene rings is 1. The van der Waals surface area contributed by atoms with Crippen molar-refractivity contribution in [3.8, 4) is 5.75 Å². The molecule has 2 rings (SSSR count). The van der Waals surface area contributed by atoms with Gasteiger partial charge in [-0.25, -0.2) is 0 Å². The average molecular weight is 246 g/mol. The zero-order chi connectivity index (χ0) is 12.8. The second-order valence-electron chi connectivity index (χ2n) is 3.99. The summed E-state index contributed by atoms with van der Waals surface area (Å²) >= 11 is 0. The highest BCUT2D eigenvalue weighted by Crippen LogP contribution is 2.22. The van der Waals surface area contributed by atoms with Gasteiger partial charge in [0.25, 0.3) is 0 Å². The van der Waals surface area contributed by atoms with Crippen molar-refractivity contribution in [2.24, 2.45) is 5.73 Å². The molecule has 0 amide bonds. The Morgan fingerprint density at radius 1 is 1.28 bits per heavy atom. The maximum Gasteiger partial charge on any atom is 0.123 e. The molecule has 2 aromatic rings. The van der Waals surface area contributed by atoms with Crippen LogP contribution in [0.2, 0.25) is 0 Å². The Balaban J connectivity index is 2.17. The first-order valence-electron chi connectivity index (χ1n) is 5.95. The van der Waals surface area contributed by atoms with E-state index in [9.17, 15) is 0 Å². The average Bonchev–Trinajstić information content (AvgIpc) is 2.91. The number of anilines is 1. The Morgan fingerprint density at radius 3 is 2.83 bits per heavy atom. The number of furan rings is 1. The molecule has 1 heterocycles. The van der Waals surface area contributed by atoms with Crippen LogP contribution in [0.25, 0.3) is 0 Å². The van der Waals surface area contributed by atoms with Crippen LogP contribution in [0.4, 0.5) is 5.69 Å².